The molecule has 5 nitrogen and oxygen atoms in total. The largest absolute Gasteiger partial charge is 0.481 e. The molecule has 2 atom stereocenters. The van der Waals surface area contributed by atoms with E-state index in [1.54, 1.807) is 0 Å². The molecule has 0 amide bonds. The number of benzene rings is 1. The van der Waals surface area contributed by atoms with Crippen LogP contribution < -0.4 is 0 Å². The molecule has 1 aliphatic heterocycles. The van der Waals surface area contributed by atoms with Crippen LogP contribution in [0.4, 0.5) is 0 Å². The number of carboxylic acids is 1. The summed E-state index contributed by atoms with van der Waals surface area (Å²) in [5.41, 5.74) is 1.50. The van der Waals surface area contributed by atoms with Crippen molar-refractivity contribution in [3.63, 3.8) is 0 Å². The quantitative estimate of drug-likeness (QED) is 0.904. The Balaban J connectivity index is 1.89. The van der Waals surface area contributed by atoms with E-state index in [9.17, 15) is 15.0 Å². The van der Waals surface area contributed by atoms with Crippen molar-refractivity contribution in [2.75, 3.05) is 0 Å². The molecular formula is C17H18N2O3S. The van der Waals surface area contributed by atoms with Gasteiger partial charge in [-0.05, 0) is 25.7 Å². The number of hydrogen-bond acceptors (Lipinski definition) is 4. The number of carbonyl (C=O) groups is 1. The number of rotatable bonds is 3. The van der Waals surface area contributed by atoms with Crippen LogP contribution in [0.3, 0.4) is 0 Å². The predicted molar refractivity (Wildman–Crippen MR) is 86.5 cm³/mol. The Bertz CT molecular complexity index is 759. The van der Waals surface area contributed by atoms with Crippen LogP contribution >= 0.6 is 11.8 Å². The molecule has 6 heteroatoms. The Morgan fingerprint density at radius 3 is 2.78 bits per heavy atom. The van der Waals surface area contributed by atoms with Crippen molar-refractivity contribution in [2.45, 2.75) is 48.2 Å². The van der Waals surface area contributed by atoms with Crippen molar-refractivity contribution < 1.29 is 15.0 Å². The first-order chi connectivity index (χ1) is 11.1. The zero-order chi connectivity index (χ0) is 16.0. The Labute approximate surface area is 138 Å². The summed E-state index contributed by atoms with van der Waals surface area (Å²) in [7, 11) is 0. The number of hydrogen-bond donors (Lipinski definition) is 2. The van der Waals surface area contributed by atoms with Gasteiger partial charge in [0.1, 0.15) is 0 Å². The summed E-state index contributed by atoms with van der Waals surface area (Å²) in [5, 5.41) is 21.1. The molecule has 0 spiro atoms. The number of aliphatic hydroxyl groups is 1. The third-order valence-electron chi connectivity index (χ3n) is 4.70. The summed E-state index contributed by atoms with van der Waals surface area (Å²) in [4.78, 5) is 16.0. The van der Waals surface area contributed by atoms with Gasteiger partial charge >= 0.3 is 5.97 Å². The molecule has 1 aliphatic carbocycles. The van der Waals surface area contributed by atoms with Gasteiger partial charge in [0.05, 0.1) is 17.4 Å². The SMILES string of the molecule is O=C(O)C[C@@H]1Sc2nc3c(n2[C@@]1(O)c1ccccc1)CCCC3. The lowest BCUT2D eigenvalue weighted by Gasteiger charge is -2.33. The van der Waals surface area contributed by atoms with E-state index in [1.807, 2.05) is 34.9 Å². The zero-order valence-electron chi connectivity index (χ0n) is 12.6. The third-order valence-corrected chi connectivity index (χ3v) is 5.96. The van der Waals surface area contributed by atoms with Gasteiger partial charge in [-0.1, -0.05) is 42.1 Å². The van der Waals surface area contributed by atoms with Gasteiger partial charge in [-0.3, -0.25) is 9.36 Å². The molecule has 1 aromatic heterocycles. The molecule has 23 heavy (non-hydrogen) atoms. The van der Waals surface area contributed by atoms with E-state index in [4.69, 9.17) is 0 Å². The van der Waals surface area contributed by atoms with E-state index in [2.05, 4.69) is 4.98 Å². The smallest absolute Gasteiger partial charge is 0.304 e. The second kappa shape index (κ2) is 5.39. The fourth-order valence-corrected chi connectivity index (χ4v) is 5.04. The molecule has 2 aliphatic rings. The molecule has 1 aromatic carbocycles. The minimum absolute atomic E-state index is 0.103. The van der Waals surface area contributed by atoms with Crippen LogP contribution in [0.25, 0.3) is 0 Å². The lowest BCUT2D eigenvalue weighted by molar-refractivity contribution is -0.138. The van der Waals surface area contributed by atoms with Crippen LogP contribution in [0.2, 0.25) is 0 Å². The topological polar surface area (TPSA) is 75.3 Å². The third kappa shape index (κ3) is 2.20. The molecule has 0 saturated heterocycles. The maximum atomic E-state index is 11.6. The number of aryl methyl sites for hydroxylation is 1. The highest BCUT2D eigenvalue weighted by Gasteiger charge is 2.51. The highest BCUT2D eigenvalue weighted by molar-refractivity contribution is 8.00. The van der Waals surface area contributed by atoms with E-state index in [-0.39, 0.29) is 6.42 Å². The van der Waals surface area contributed by atoms with E-state index >= 15 is 0 Å². The van der Waals surface area contributed by atoms with Crippen molar-refractivity contribution in [1.29, 1.82) is 0 Å². The van der Waals surface area contributed by atoms with Crippen molar-refractivity contribution in [2.24, 2.45) is 0 Å². The number of fused-ring (bicyclic) bond motifs is 3. The molecule has 0 radical (unpaired) electrons. The Hall–Kier alpha value is -1.79. The van der Waals surface area contributed by atoms with Gasteiger partial charge in [0.15, 0.2) is 10.9 Å². The number of aliphatic carboxylic acids is 1. The van der Waals surface area contributed by atoms with Crippen LogP contribution in [-0.4, -0.2) is 31.0 Å². The normalized spacial score (nSPS) is 25.9. The number of nitrogens with zero attached hydrogens (tertiary/aromatic N) is 2. The molecule has 2 aromatic rings. The molecular weight excluding hydrogens is 312 g/mol. The average Bonchev–Trinajstić information content (AvgIpc) is 3.04. The number of aromatic nitrogens is 2. The van der Waals surface area contributed by atoms with E-state index in [0.29, 0.717) is 0 Å². The zero-order valence-corrected chi connectivity index (χ0v) is 13.4. The number of imidazole rings is 1. The second-order valence-electron chi connectivity index (χ2n) is 6.13. The fraction of sp³-hybridized carbons (Fsp3) is 0.412. The molecule has 0 bridgehead atoms. The summed E-state index contributed by atoms with van der Waals surface area (Å²) in [5.74, 6) is -0.906. The van der Waals surface area contributed by atoms with Crippen molar-refractivity contribution in [3.8, 4) is 0 Å². The molecule has 2 heterocycles. The molecule has 120 valence electrons. The van der Waals surface area contributed by atoms with Crippen molar-refractivity contribution >= 4 is 17.7 Å². The van der Waals surface area contributed by atoms with Gasteiger partial charge in [0.25, 0.3) is 0 Å². The molecule has 0 fully saturated rings. The maximum Gasteiger partial charge on any atom is 0.304 e. The molecule has 4 rings (SSSR count). The Morgan fingerprint density at radius 1 is 1.30 bits per heavy atom. The minimum Gasteiger partial charge on any atom is -0.481 e. The predicted octanol–water partition coefficient (Wildman–Crippen LogP) is 2.40. The first kappa shape index (κ1) is 14.8. The fourth-order valence-electron chi connectivity index (χ4n) is 3.64. The summed E-state index contributed by atoms with van der Waals surface area (Å²) in [6, 6.07) is 9.36. The van der Waals surface area contributed by atoms with Crippen LogP contribution in [0.5, 0.6) is 0 Å². The van der Waals surface area contributed by atoms with Gasteiger partial charge in [0, 0.05) is 11.3 Å². The molecule has 0 unspecified atom stereocenters. The van der Waals surface area contributed by atoms with Gasteiger partial charge in [0.2, 0.25) is 0 Å². The minimum atomic E-state index is -1.35. The van der Waals surface area contributed by atoms with E-state index in [1.165, 1.54) is 11.8 Å². The van der Waals surface area contributed by atoms with Crippen LogP contribution in [0.1, 0.15) is 36.2 Å². The van der Waals surface area contributed by atoms with Crippen LogP contribution in [0.15, 0.2) is 35.5 Å². The number of carboxylic acid groups (broad SMARTS) is 1. The van der Waals surface area contributed by atoms with Crippen LogP contribution in [0, 0.1) is 0 Å². The standard InChI is InChI=1S/C17H18N2O3S/c20-15(21)10-14-17(22,11-6-2-1-3-7-11)19-13-9-5-4-8-12(13)18-16(19)23-14/h1-3,6-7,14,22H,4-5,8-10H2,(H,20,21)/t14-,17+/m0/s1. The van der Waals surface area contributed by atoms with Gasteiger partial charge in [-0.25, -0.2) is 4.98 Å². The lowest BCUT2D eigenvalue weighted by atomic mass is 9.94. The second-order valence-corrected chi connectivity index (χ2v) is 7.30. The summed E-state index contributed by atoms with van der Waals surface area (Å²) >= 11 is 1.38. The van der Waals surface area contributed by atoms with Gasteiger partial charge < -0.3 is 10.2 Å². The average molecular weight is 330 g/mol. The van der Waals surface area contributed by atoms with Gasteiger partial charge in [-0.15, -0.1) is 0 Å². The van der Waals surface area contributed by atoms with Crippen molar-refractivity contribution in [1.82, 2.24) is 9.55 Å². The van der Waals surface area contributed by atoms with E-state index < -0.39 is 16.9 Å². The van der Waals surface area contributed by atoms with Crippen LogP contribution in [-0.2, 0) is 23.4 Å². The number of thioether (sulfide) groups is 1. The molecule has 2 N–H and O–H groups in total. The summed E-state index contributed by atoms with van der Waals surface area (Å²) in [6.45, 7) is 0. The Kier molecular flexibility index (Phi) is 3.46. The highest BCUT2D eigenvalue weighted by Crippen LogP contribution is 2.49. The monoisotopic (exact) mass is 330 g/mol. The first-order valence-corrected chi connectivity index (χ1v) is 8.76. The lowest BCUT2D eigenvalue weighted by Crippen LogP contribution is -2.42. The van der Waals surface area contributed by atoms with E-state index in [0.717, 1.165) is 47.8 Å². The first-order valence-electron chi connectivity index (χ1n) is 7.88. The van der Waals surface area contributed by atoms with Crippen molar-refractivity contribution in [3.05, 3.63) is 47.3 Å². The van der Waals surface area contributed by atoms with Gasteiger partial charge in [-0.2, -0.15) is 0 Å². The maximum absolute atomic E-state index is 11.6. The highest BCUT2D eigenvalue weighted by atomic mass is 32.2. The summed E-state index contributed by atoms with van der Waals surface area (Å²) in [6.07, 6.45) is 3.92. The summed E-state index contributed by atoms with van der Waals surface area (Å²) < 4.78 is 1.90. The Morgan fingerprint density at radius 2 is 2.04 bits per heavy atom. The molecule has 0 saturated carbocycles.